The largest absolute Gasteiger partial charge is 0.356 e. The summed E-state index contributed by atoms with van der Waals surface area (Å²) in [5.41, 5.74) is 13.1. The fourth-order valence-corrected chi connectivity index (χ4v) is 9.14. The molecular formula is C51H34N2. The van der Waals surface area contributed by atoms with E-state index in [2.05, 4.69) is 210 Å². The first-order chi connectivity index (χ1) is 26.3. The molecule has 1 N–H and O–H groups in total. The molecule has 0 spiro atoms. The molecule has 0 radical (unpaired) electrons. The number of nitrogens with one attached hydrogen (secondary N) is 1. The van der Waals surface area contributed by atoms with Gasteiger partial charge in [-0.25, -0.2) is 0 Å². The van der Waals surface area contributed by atoms with E-state index in [4.69, 9.17) is 0 Å². The molecule has 2 heteroatoms. The van der Waals surface area contributed by atoms with Gasteiger partial charge in [0.15, 0.2) is 0 Å². The van der Waals surface area contributed by atoms with E-state index in [1.54, 1.807) is 0 Å². The Morgan fingerprint density at radius 3 is 1.89 bits per heavy atom. The van der Waals surface area contributed by atoms with Gasteiger partial charge in [-0.15, -0.1) is 0 Å². The molecule has 0 saturated carbocycles. The summed E-state index contributed by atoms with van der Waals surface area (Å²) in [6.45, 7) is 0. The molecule has 9 aromatic carbocycles. The predicted octanol–water partition coefficient (Wildman–Crippen LogP) is 13.2. The van der Waals surface area contributed by atoms with Gasteiger partial charge < -0.3 is 9.88 Å². The minimum absolute atomic E-state index is 0.445. The zero-order valence-corrected chi connectivity index (χ0v) is 29.0. The first kappa shape index (κ1) is 29.8. The topological polar surface area (TPSA) is 17.0 Å². The van der Waals surface area contributed by atoms with Crippen molar-refractivity contribution in [2.45, 2.75) is 5.41 Å². The summed E-state index contributed by atoms with van der Waals surface area (Å²) < 4.78 is 2.39. The second kappa shape index (κ2) is 11.6. The van der Waals surface area contributed by atoms with Crippen molar-refractivity contribution in [1.29, 1.82) is 0 Å². The quantitative estimate of drug-likeness (QED) is 0.192. The van der Waals surface area contributed by atoms with Crippen LogP contribution >= 0.6 is 0 Å². The number of benzene rings is 9. The van der Waals surface area contributed by atoms with Gasteiger partial charge in [0.05, 0.1) is 16.4 Å². The number of hydrogen-bond acceptors (Lipinski definition) is 1. The van der Waals surface area contributed by atoms with Crippen molar-refractivity contribution in [3.63, 3.8) is 0 Å². The van der Waals surface area contributed by atoms with Gasteiger partial charge in [-0.05, 0) is 103 Å². The van der Waals surface area contributed by atoms with Gasteiger partial charge in [-0.1, -0.05) is 152 Å². The van der Waals surface area contributed by atoms with Gasteiger partial charge in [0.2, 0.25) is 0 Å². The molecule has 11 rings (SSSR count). The lowest BCUT2D eigenvalue weighted by atomic mass is 9.67. The average Bonchev–Trinajstić information content (AvgIpc) is 3.72. The van der Waals surface area contributed by atoms with Crippen LogP contribution in [-0.4, -0.2) is 4.57 Å². The van der Waals surface area contributed by atoms with Crippen LogP contribution in [0.3, 0.4) is 0 Å². The summed E-state index contributed by atoms with van der Waals surface area (Å²) in [6.07, 6.45) is 0. The van der Waals surface area contributed by atoms with Gasteiger partial charge in [-0.3, -0.25) is 0 Å². The molecule has 0 bridgehead atoms. The molecule has 0 amide bonds. The van der Waals surface area contributed by atoms with E-state index in [1.807, 2.05) is 0 Å². The van der Waals surface area contributed by atoms with Crippen LogP contribution in [0.25, 0.3) is 60.2 Å². The van der Waals surface area contributed by atoms with Crippen molar-refractivity contribution in [1.82, 2.24) is 4.57 Å². The van der Waals surface area contributed by atoms with Crippen LogP contribution in [0.4, 0.5) is 11.4 Å². The molecule has 53 heavy (non-hydrogen) atoms. The van der Waals surface area contributed by atoms with Crippen LogP contribution in [0.1, 0.15) is 22.3 Å². The minimum Gasteiger partial charge on any atom is -0.356 e. The van der Waals surface area contributed by atoms with Crippen LogP contribution in [0.5, 0.6) is 0 Å². The highest BCUT2D eigenvalue weighted by Crippen LogP contribution is 2.57. The molecule has 10 aromatic rings. The summed E-state index contributed by atoms with van der Waals surface area (Å²) in [5, 5.41) is 11.3. The Hall–Kier alpha value is -6.90. The number of nitrogens with zero attached hydrogens (tertiary/aromatic N) is 1. The molecule has 248 valence electrons. The Kier molecular flexibility index (Phi) is 6.50. The molecule has 1 unspecified atom stereocenters. The molecule has 1 atom stereocenters. The third-order valence-corrected chi connectivity index (χ3v) is 11.4. The van der Waals surface area contributed by atoms with Gasteiger partial charge >= 0.3 is 0 Å². The van der Waals surface area contributed by atoms with E-state index in [1.165, 1.54) is 82.4 Å². The Labute approximate surface area is 308 Å². The molecule has 1 aliphatic carbocycles. The fourth-order valence-electron chi connectivity index (χ4n) is 9.14. The van der Waals surface area contributed by atoms with Crippen LogP contribution in [0, 0.1) is 0 Å². The molecule has 0 aliphatic heterocycles. The normalized spacial score (nSPS) is 14.9. The number of hydrogen-bond donors (Lipinski definition) is 1. The molecule has 2 nitrogen and oxygen atoms in total. The van der Waals surface area contributed by atoms with Gasteiger partial charge in [0.25, 0.3) is 0 Å². The lowest BCUT2D eigenvalue weighted by Crippen LogP contribution is -2.28. The second-order valence-corrected chi connectivity index (χ2v) is 14.2. The molecule has 1 aromatic heterocycles. The van der Waals surface area contributed by atoms with E-state index in [9.17, 15) is 0 Å². The van der Waals surface area contributed by atoms with Crippen molar-refractivity contribution < 1.29 is 0 Å². The van der Waals surface area contributed by atoms with Crippen LogP contribution in [0.15, 0.2) is 200 Å². The van der Waals surface area contributed by atoms with E-state index in [0.29, 0.717) is 0 Å². The van der Waals surface area contributed by atoms with E-state index >= 15 is 0 Å². The number of rotatable bonds is 5. The Morgan fingerprint density at radius 2 is 1.02 bits per heavy atom. The highest BCUT2D eigenvalue weighted by molar-refractivity contribution is 6.10. The van der Waals surface area contributed by atoms with Crippen LogP contribution < -0.4 is 5.32 Å². The van der Waals surface area contributed by atoms with Crippen molar-refractivity contribution in [3.8, 4) is 16.8 Å². The number of para-hydroxylation sites is 1. The number of anilines is 2. The zero-order chi connectivity index (χ0) is 34.9. The minimum atomic E-state index is -0.445. The maximum Gasteiger partial charge on any atom is 0.0713 e. The van der Waals surface area contributed by atoms with Crippen molar-refractivity contribution in [2.24, 2.45) is 0 Å². The van der Waals surface area contributed by atoms with Gasteiger partial charge in [0, 0.05) is 27.8 Å². The van der Waals surface area contributed by atoms with Gasteiger partial charge in [0.1, 0.15) is 0 Å². The predicted molar refractivity (Wildman–Crippen MR) is 223 cm³/mol. The third kappa shape index (κ3) is 4.39. The van der Waals surface area contributed by atoms with E-state index in [-0.39, 0.29) is 0 Å². The maximum atomic E-state index is 3.76. The molecular weight excluding hydrogens is 641 g/mol. The highest BCUT2D eigenvalue weighted by atomic mass is 15.0. The molecule has 1 heterocycles. The highest BCUT2D eigenvalue weighted by Gasteiger charge is 2.46. The number of fused-ring (bicyclic) bond motifs is 9. The summed E-state index contributed by atoms with van der Waals surface area (Å²) in [7, 11) is 0. The van der Waals surface area contributed by atoms with Crippen LogP contribution in [-0.2, 0) is 5.41 Å². The lowest BCUT2D eigenvalue weighted by Gasteiger charge is -2.34. The first-order valence-corrected chi connectivity index (χ1v) is 18.3. The van der Waals surface area contributed by atoms with E-state index < -0.39 is 5.41 Å². The average molecular weight is 675 g/mol. The summed E-state index contributed by atoms with van der Waals surface area (Å²) in [4.78, 5) is 0. The third-order valence-electron chi connectivity index (χ3n) is 11.4. The molecule has 1 aliphatic rings. The van der Waals surface area contributed by atoms with Crippen LogP contribution in [0.2, 0.25) is 0 Å². The Bertz CT molecular complexity index is 3030. The summed E-state index contributed by atoms with van der Waals surface area (Å²) in [6, 6.07) is 73.4. The van der Waals surface area contributed by atoms with Crippen molar-refractivity contribution in [2.75, 3.05) is 5.32 Å². The smallest absolute Gasteiger partial charge is 0.0713 e. The summed E-state index contributed by atoms with van der Waals surface area (Å²) in [5.74, 6) is 0. The number of aromatic nitrogens is 1. The van der Waals surface area contributed by atoms with Gasteiger partial charge in [-0.2, -0.15) is 0 Å². The fraction of sp³-hybridized carbons (Fsp3) is 0.0196. The zero-order valence-electron chi connectivity index (χ0n) is 29.0. The monoisotopic (exact) mass is 674 g/mol. The molecule has 0 fully saturated rings. The Balaban J connectivity index is 1.02. The van der Waals surface area contributed by atoms with E-state index in [0.717, 1.165) is 11.4 Å². The lowest BCUT2D eigenvalue weighted by molar-refractivity contribution is 0.769. The second-order valence-electron chi connectivity index (χ2n) is 14.2. The molecule has 0 saturated heterocycles. The first-order valence-electron chi connectivity index (χ1n) is 18.3. The van der Waals surface area contributed by atoms with Crippen molar-refractivity contribution >= 4 is 54.7 Å². The Morgan fingerprint density at radius 1 is 0.377 bits per heavy atom. The summed E-state index contributed by atoms with van der Waals surface area (Å²) >= 11 is 0. The maximum absolute atomic E-state index is 3.76. The standard InChI is InChI=1S/C51H34N2/c1-2-15-37(16-3-1)51(46-20-10-8-19-44(46)50-42-17-7-6-13-35(42)23-30-47(50)51)38-24-26-39(27-25-38)52-40-28-31-49-45(33-40)43-18-9-11-21-48(43)53(49)41-29-22-34-12-4-5-14-36(34)32-41/h1-33,52H. The SMILES string of the molecule is c1ccc(C2(c3ccc(Nc4ccc5c(c4)c4ccccc4n5-c4ccc5ccccc5c4)cc3)c3ccccc3-c3c2ccc2ccccc32)cc1. The van der Waals surface area contributed by atoms with Crippen molar-refractivity contribution in [3.05, 3.63) is 222 Å².